The van der Waals surface area contributed by atoms with E-state index in [1.54, 1.807) is 0 Å². The van der Waals surface area contributed by atoms with Crippen molar-refractivity contribution in [2.45, 2.75) is 46.5 Å². The van der Waals surface area contributed by atoms with E-state index in [0.29, 0.717) is 5.41 Å². The van der Waals surface area contributed by atoms with Crippen LogP contribution in [-0.2, 0) is 0 Å². The predicted octanol–water partition coefficient (Wildman–Crippen LogP) is 2.81. The van der Waals surface area contributed by atoms with E-state index in [1.807, 2.05) is 0 Å². The first kappa shape index (κ1) is 10.0. The summed E-state index contributed by atoms with van der Waals surface area (Å²) in [7, 11) is 0. The van der Waals surface area contributed by atoms with E-state index in [-0.39, 0.29) is 0 Å². The van der Waals surface area contributed by atoms with Crippen molar-refractivity contribution in [2.24, 2.45) is 11.3 Å². The molecule has 0 amide bonds. The summed E-state index contributed by atoms with van der Waals surface area (Å²) in [4.78, 5) is 0. The van der Waals surface area contributed by atoms with Crippen LogP contribution in [0.1, 0.15) is 46.5 Å². The van der Waals surface area contributed by atoms with Gasteiger partial charge >= 0.3 is 0 Å². The summed E-state index contributed by atoms with van der Waals surface area (Å²) >= 11 is 0. The van der Waals surface area contributed by atoms with Crippen LogP contribution in [0.4, 0.5) is 0 Å². The topological polar surface area (TPSA) is 12.0 Å². The van der Waals surface area contributed by atoms with E-state index < -0.39 is 0 Å². The Morgan fingerprint density at radius 3 is 2.67 bits per heavy atom. The molecular weight excluding hydrogens is 146 g/mol. The molecule has 0 bridgehead atoms. The van der Waals surface area contributed by atoms with Crippen molar-refractivity contribution >= 4 is 0 Å². The van der Waals surface area contributed by atoms with E-state index in [1.165, 1.54) is 38.8 Å². The molecule has 0 aromatic heterocycles. The maximum Gasteiger partial charge on any atom is -0.00203 e. The van der Waals surface area contributed by atoms with Crippen LogP contribution in [0, 0.1) is 11.3 Å². The fourth-order valence-corrected chi connectivity index (χ4v) is 2.13. The molecule has 0 radical (unpaired) electrons. The van der Waals surface area contributed by atoms with Gasteiger partial charge in [0.15, 0.2) is 0 Å². The minimum Gasteiger partial charge on any atom is -0.316 e. The smallest absolute Gasteiger partial charge is 0.00203 e. The monoisotopic (exact) mass is 169 g/mol. The third kappa shape index (κ3) is 4.10. The van der Waals surface area contributed by atoms with Gasteiger partial charge in [0.1, 0.15) is 0 Å². The van der Waals surface area contributed by atoms with Gasteiger partial charge < -0.3 is 5.32 Å². The third-order valence-corrected chi connectivity index (χ3v) is 2.55. The van der Waals surface area contributed by atoms with Crippen molar-refractivity contribution < 1.29 is 0 Å². The van der Waals surface area contributed by atoms with Gasteiger partial charge in [0.25, 0.3) is 0 Å². The Bertz CT molecular complexity index is 115. The predicted molar refractivity (Wildman–Crippen MR) is 54.3 cm³/mol. The highest BCUT2D eigenvalue weighted by Crippen LogP contribution is 2.27. The lowest BCUT2D eigenvalue weighted by molar-refractivity contribution is 0.282. The van der Waals surface area contributed by atoms with Crippen LogP contribution in [0.2, 0.25) is 0 Å². The molecule has 1 heterocycles. The van der Waals surface area contributed by atoms with E-state index in [9.17, 15) is 0 Å². The van der Waals surface area contributed by atoms with Crippen molar-refractivity contribution in [3.05, 3.63) is 0 Å². The Morgan fingerprint density at radius 1 is 1.25 bits per heavy atom. The molecule has 0 aromatic rings. The molecule has 1 N–H and O–H groups in total. The normalized spacial score (nSPS) is 26.8. The molecule has 1 unspecified atom stereocenters. The van der Waals surface area contributed by atoms with Gasteiger partial charge in [-0.1, -0.05) is 27.2 Å². The van der Waals surface area contributed by atoms with Crippen molar-refractivity contribution in [2.75, 3.05) is 13.1 Å². The fraction of sp³-hybridized carbons (Fsp3) is 1.00. The summed E-state index contributed by atoms with van der Waals surface area (Å²) in [5, 5.41) is 3.52. The Kier molecular flexibility index (Phi) is 3.57. The molecule has 1 aliphatic rings. The van der Waals surface area contributed by atoms with Crippen LogP contribution >= 0.6 is 0 Å². The van der Waals surface area contributed by atoms with Gasteiger partial charge in [-0.05, 0) is 43.7 Å². The lowest BCUT2D eigenvalue weighted by Gasteiger charge is -2.24. The van der Waals surface area contributed by atoms with E-state index in [0.717, 1.165) is 5.92 Å². The molecule has 12 heavy (non-hydrogen) atoms. The first-order chi connectivity index (χ1) is 5.58. The van der Waals surface area contributed by atoms with Gasteiger partial charge in [-0.25, -0.2) is 0 Å². The van der Waals surface area contributed by atoms with E-state index in [4.69, 9.17) is 0 Å². The summed E-state index contributed by atoms with van der Waals surface area (Å²) in [6, 6.07) is 0. The van der Waals surface area contributed by atoms with Crippen LogP contribution in [0.25, 0.3) is 0 Å². The molecule has 1 atom stereocenters. The molecule has 1 nitrogen and oxygen atoms in total. The lowest BCUT2D eigenvalue weighted by atomic mass is 9.83. The molecule has 0 aromatic carbocycles. The molecule has 1 heteroatoms. The molecular formula is C11H23N. The van der Waals surface area contributed by atoms with Crippen LogP contribution in [0.15, 0.2) is 0 Å². The SMILES string of the molecule is CC(C)(C)CC1CCCCNC1. The molecule has 0 saturated carbocycles. The highest BCUT2D eigenvalue weighted by atomic mass is 14.9. The summed E-state index contributed by atoms with van der Waals surface area (Å²) in [6.45, 7) is 9.52. The maximum absolute atomic E-state index is 3.52. The summed E-state index contributed by atoms with van der Waals surface area (Å²) in [5.41, 5.74) is 0.511. The largest absolute Gasteiger partial charge is 0.316 e. The van der Waals surface area contributed by atoms with Gasteiger partial charge in [0, 0.05) is 0 Å². The molecule has 0 spiro atoms. The molecule has 72 valence electrons. The number of hydrogen-bond acceptors (Lipinski definition) is 1. The van der Waals surface area contributed by atoms with E-state index >= 15 is 0 Å². The fourth-order valence-electron chi connectivity index (χ4n) is 2.13. The average molecular weight is 169 g/mol. The molecule has 1 fully saturated rings. The molecule has 1 saturated heterocycles. The van der Waals surface area contributed by atoms with Crippen LogP contribution < -0.4 is 5.32 Å². The second-order valence-corrected chi connectivity index (χ2v) is 5.33. The van der Waals surface area contributed by atoms with Crippen molar-refractivity contribution in [1.82, 2.24) is 5.32 Å². The maximum atomic E-state index is 3.52. The van der Waals surface area contributed by atoms with Crippen LogP contribution in [-0.4, -0.2) is 13.1 Å². The Balaban J connectivity index is 2.30. The average Bonchev–Trinajstić information content (AvgIpc) is 2.12. The zero-order valence-corrected chi connectivity index (χ0v) is 8.82. The summed E-state index contributed by atoms with van der Waals surface area (Å²) in [6.07, 6.45) is 5.61. The molecule has 1 rings (SSSR count). The highest BCUT2D eigenvalue weighted by molar-refractivity contribution is 4.73. The van der Waals surface area contributed by atoms with E-state index in [2.05, 4.69) is 26.1 Å². The Labute approximate surface area is 76.9 Å². The third-order valence-electron chi connectivity index (χ3n) is 2.55. The van der Waals surface area contributed by atoms with Crippen LogP contribution in [0.5, 0.6) is 0 Å². The number of hydrogen-bond donors (Lipinski definition) is 1. The minimum absolute atomic E-state index is 0.511. The first-order valence-electron chi connectivity index (χ1n) is 5.29. The van der Waals surface area contributed by atoms with Gasteiger partial charge in [-0.2, -0.15) is 0 Å². The highest BCUT2D eigenvalue weighted by Gasteiger charge is 2.19. The molecule has 0 aliphatic carbocycles. The van der Waals surface area contributed by atoms with Crippen LogP contribution in [0.3, 0.4) is 0 Å². The lowest BCUT2D eigenvalue weighted by Crippen LogP contribution is -2.24. The first-order valence-corrected chi connectivity index (χ1v) is 5.29. The van der Waals surface area contributed by atoms with Crippen molar-refractivity contribution in [3.8, 4) is 0 Å². The van der Waals surface area contributed by atoms with Gasteiger partial charge in [0.2, 0.25) is 0 Å². The van der Waals surface area contributed by atoms with Crippen molar-refractivity contribution in [3.63, 3.8) is 0 Å². The minimum atomic E-state index is 0.511. The summed E-state index contributed by atoms with van der Waals surface area (Å²) in [5.74, 6) is 0.924. The van der Waals surface area contributed by atoms with Gasteiger partial charge in [-0.3, -0.25) is 0 Å². The molecule has 1 aliphatic heterocycles. The van der Waals surface area contributed by atoms with Gasteiger partial charge in [0.05, 0.1) is 0 Å². The zero-order valence-electron chi connectivity index (χ0n) is 8.82. The van der Waals surface area contributed by atoms with Crippen molar-refractivity contribution in [1.29, 1.82) is 0 Å². The second kappa shape index (κ2) is 4.27. The number of nitrogens with one attached hydrogen (secondary N) is 1. The summed E-state index contributed by atoms with van der Waals surface area (Å²) < 4.78 is 0. The zero-order chi connectivity index (χ0) is 9.03. The Morgan fingerprint density at radius 2 is 2.00 bits per heavy atom. The Hall–Kier alpha value is -0.0400. The standard InChI is InChI=1S/C11H23N/c1-11(2,3)8-10-6-4-5-7-12-9-10/h10,12H,4-9H2,1-3H3. The number of rotatable bonds is 1. The quantitative estimate of drug-likeness (QED) is 0.636. The van der Waals surface area contributed by atoms with Gasteiger partial charge in [-0.15, -0.1) is 0 Å². The second-order valence-electron chi connectivity index (χ2n) is 5.33.